The van der Waals surface area contributed by atoms with E-state index in [1.165, 1.54) is 4.88 Å². The molecule has 0 amide bonds. The van der Waals surface area contributed by atoms with Crippen molar-refractivity contribution in [2.45, 2.75) is 52.5 Å². The lowest BCUT2D eigenvalue weighted by Crippen LogP contribution is -2.49. The van der Waals surface area contributed by atoms with Gasteiger partial charge in [-0.25, -0.2) is 13.8 Å². The summed E-state index contributed by atoms with van der Waals surface area (Å²) in [7, 11) is 0. The SMILES string of the molecule is CCNC(=NCCc1sc(C)nc1C)NC1CCN(CC(F)F)CC1.I. The van der Waals surface area contributed by atoms with Gasteiger partial charge in [0.1, 0.15) is 0 Å². The largest absolute Gasteiger partial charge is 0.357 e. The smallest absolute Gasteiger partial charge is 0.251 e. The van der Waals surface area contributed by atoms with E-state index in [-0.39, 0.29) is 30.5 Å². The molecule has 0 aromatic carbocycles. The minimum absolute atomic E-state index is 0. The van der Waals surface area contributed by atoms with E-state index in [0.29, 0.717) is 25.7 Å². The van der Waals surface area contributed by atoms with Crippen molar-refractivity contribution >= 4 is 41.3 Å². The molecular weight excluding hydrogens is 471 g/mol. The molecule has 1 aliphatic heterocycles. The molecule has 0 spiro atoms. The minimum atomic E-state index is -2.25. The number of piperidine rings is 1. The summed E-state index contributed by atoms with van der Waals surface area (Å²) in [5, 5.41) is 7.82. The number of aliphatic imine (C=N–C) groups is 1. The van der Waals surface area contributed by atoms with Gasteiger partial charge in [0.25, 0.3) is 6.43 Å². The van der Waals surface area contributed by atoms with Gasteiger partial charge in [-0.15, -0.1) is 35.3 Å². The molecule has 0 radical (unpaired) electrons. The number of aromatic nitrogens is 1. The van der Waals surface area contributed by atoms with Crippen LogP contribution in [0.3, 0.4) is 0 Å². The normalized spacial score (nSPS) is 16.6. The highest BCUT2D eigenvalue weighted by Gasteiger charge is 2.21. The number of nitrogens with one attached hydrogen (secondary N) is 2. The molecule has 0 aliphatic carbocycles. The summed E-state index contributed by atoms with van der Waals surface area (Å²) in [5.41, 5.74) is 1.10. The predicted octanol–water partition coefficient (Wildman–Crippen LogP) is 3.21. The Hall–Kier alpha value is -0.550. The van der Waals surface area contributed by atoms with E-state index in [1.54, 1.807) is 11.3 Å². The summed E-state index contributed by atoms with van der Waals surface area (Å²) >= 11 is 1.73. The zero-order valence-electron chi connectivity index (χ0n) is 15.7. The fraction of sp³-hybridized carbons (Fsp3) is 0.765. The third-order valence-electron chi connectivity index (χ3n) is 4.28. The average Bonchev–Trinajstić information content (AvgIpc) is 2.86. The van der Waals surface area contributed by atoms with Crippen molar-refractivity contribution in [2.24, 2.45) is 4.99 Å². The molecule has 1 saturated heterocycles. The molecule has 1 aromatic rings. The Kier molecular flexibility index (Phi) is 10.9. The van der Waals surface area contributed by atoms with Crippen molar-refractivity contribution < 1.29 is 8.78 Å². The van der Waals surface area contributed by atoms with Crippen LogP contribution in [0.25, 0.3) is 0 Å². The maximum Gasteiger partial charge on any atom is 0.251 e. The fourth-order valence-corrected chi connectivity index (χ4v) is 3.97. The molecule has 0 saturated carbocycles. The second-order valence-corrected chi connectivity index (χ2v) is 7.65. The molecule has 26 heavy (non-hydrogen) atoms. The molecule has 0 unspecified atom stereocenters. The van der Waals surface area contributed by atoms with Crippen LogP contribution in [0.4, 0.5) is 8.78 Å². The average molecular weight is 501 g/mol. The van der Waals surface area contributed by atoms with E-state index in [2.05, 4.69) is 20.6 Å². The molecule has 1 aliphatic rings. The first kappa shape index (κ1) is 23.5. The Morgan fingerprint density at radius 2 is 2.04 bits per heavy atom. The Bertz CT molecular complexity index is 559. The molecule has 1 aromatic heterocycles. The molecule has 150 valence electrons. The fourth-order valence-electron chi connectivity index (χ4n) is 3.04. The summed E-state index contributed by atoms with van der Waals surface area (Å²) in [6.07, 6.45) is 0.372. The summed E-state index contributed by atoms with van der Waals surface area (Å²) < 4.78 is 24.9. The van der Waals surface area contributed by atoms with Gasteiger partial charge in [-0.3, -0.25) is 9.89 Å². The molecule has 5 nitrogen and oxygen atoms in total. The number of thiazole rings is 1. The van der Waals surface area contributed by atoms with Gasteiger partial charge in [0.05, 0.1) is 17.2 Å². The van der Waals surface area contributed by atoms with Gasteiger partial charge in [-0.2, -0.15) is 0 Å². The Morgan fingerprint density at radius 3 is 2.58 bits per heavy atom. The highest BCUT2D eigenvalue weighted by atomic mass is 127. The summed E-state index contributed by atoms with van der Waals surface area (Å²) in [4.78, 5) is 12.2. The summed E-state index contributed by atoms with van der Waals surface area (Å²) in [6.45, 7) is 8.92. The molecular formula is C17H30F2IN5S. The van der Waals surface area contributed by atoms with E-state index in [1.807, 2.05) is 25.7 Å². The maximum absolute atomic E-state index is 12.4. The number of likely N-dealkylation sites (tertiary alicyclic amines) is 1. The molecule has 0 atom stereocenters. The highest BCUT2D eigenvalue weighted by Crippen LogP contribution is 2.17. The zero-order chi connectivity index (χ0) is 18.2. The number of hydrogen-bond donors (Lipinski definition) is 2. The van der Waals surface area contributed by atoms with Crippen LogP contribution in [0.15, 0.2) is 4.99 Å². The van der Waals surface area contributed by atoms with E-state index in [0.717, 1.165) is 42.5 Å². The molecule has 2 heterocycles. The molecule has 2 rings (SSSR count). The van der Waals surface area contributed by atoms with Crippen molar-refractivity contribution in [2.75, 3.05) is 32.7 Å². The van der Waals surface area contributed by atoms with Crippen LogP contribution in [0.1, 0.15) is 35.3 Å². The maximum atomic E-state index is 12.4. The van der Waals surface area contributed by atoms with E-state index in [9.17, 15) is 8.78 Å². The number of rotatable bonds is 7. The van der Waals surface area contributed by atoms with Gasteiger partial charge in [0.2, 0.25) is 0 Å². The van der Waals surface area contributed by atoms with Gasteiger partial charge in [-0.1, -0.05) is 0 Å². The molecule has 2 N–H and O–H groups in total. The van der Waals surface area contributed by atoms with Gasteiger partial charge in [0.15, 0.2) is 5.96 Å². The summed E-state index contributed by atoms with van der Waals surface area (Å²) in [6, 6.07) is 0.291. The van der Waals surface area contributed by atoms with Gasteiger partial charge >= 0.3 is 0 Å². The van der Waals surface area contributed by atoms with Crippen molar-refractivity contribution in [3.05, 3.63) is 15.6 Å². The van der Waals surface area contributed by atoms with E-state index < -0.39 is 6.43 Å². The van der Waals surface area contributed by atoms with Gasteiger partial charge in [0, 0.05) is 43.5 Å². The summed E-state index contributed by atoms with van der Waals surface area (Å²) in [5.74, 6) is 0.814. The third-order valence-corrected chi connectivity index (χ3v) is 5.41. The first-order valence-corrected chi connectivity index (χ1v) is 9.77. The van der Waals surface area contributed by atoms with Gasteiger partial charge in [-0.05, 0) is 33.6 Å². The van der Waals surface area contributed by atoms with Crippen LogP contribution in [-0.4, -0.2) is 61.0 Å². The Morgan fingerprint density at radius 1 is 1.35 bits per heavy atom. The third kappa shape index (κ3) is 7.99. The Balaban J connectivity index is 0.00000338. The number of alkyl halides is 2. The molecule has 1 fully saturated rings. The van der Waals surface area contributed by atoms with Crippen LogP contribution in [0.2, 0.25) is 0 Å². The highest BCUT2D eigenvalue weighted by molar-refractivity contribution is 14.0. The lowest BCUT2D eigenvalue weighted by atomic mass is 10.1. The van der Waals surface area contributed by atoms with Crippen LogP contribution >= 0.6 is 35.3 Å². The van der Waals surface area contributed by atoms with Crippen molar-refractivity contribution in [1.82, 2.24) is 20.5 Å². The Labute approximate surface area is 176 Å². The second-order valence-electron chi connectivity index (χ2n) is 6.36. The lowest BCUT2D eigenvalue weighted by molar-refractivity contribution is 0.0744. The monoisotopic (exact) mass is 501 g/mol. The zero-order valence-corrected chi connectivity index (χ0v) is 18.9. The van der Waals surface area contributed by atoms with Crippen molar-refractivity contribution in [3.63, 3.8) is 0 Å². The van der Waals surface area contributed by atoms with Crippen molar-refractivity contribution in [1.29, 1.82) is 0 Å². The number of guanidine groups is 1. The quantitative estimate of drug-likeness (QED) is 0.343. The lowest BCUT2D eigenvalue weighted by Gasteiger charge is -2.32. The first-order valence-electron chi connectivity index (χ1n) is 8.96. The van der Waals surface area contributed by atoms with Crippen LogP contribution in [-0.2, 0) is 6.42 Å². The number of aryl methyl sites for hydroxylation is 2. The molecule has 9 heteroatoms. The van der Waals surface area contributed by atoms with E-state index in [4.69, 9.17) is 0 Å². The van der Waals surface area contributed by atoms with Gasteiger partial charge < -0.3 is 10.6 Å². The van der Waals surface area contributed by atoms with Crippen LogP contribution < -0.4 is 10.6 Å². The first-order chi connectivity index (χ1) is 12.0. The number of hydrogen-bond acceptors (Lipinski definition) is 4. The predicted molar refractivity (Wildman–Crippen MR) is 115 cm³/mol. The minimum Gasteiger partial charge on any atom is -0.357 e. The number of nitrogens with zero attached hydrogens (tertiary/aromatic N) is 3. The number of halogens is 3. The van der Waals surface area contributed by atoms with Crippen LogP contribution in [0, 0.1) is 13.8 Å². The topological polar surface area (TPSA) is 52.6 Å². The van der Waals surface area contributed by atoms with E-state index >= 15 is 0 Å². The van der Waals surface area contributed by atoms with Crippen LogP contribution in [0.5, 0.6) is 0 Å². The van der Waals surface area contributed by atoms with Crippen molar-refractivity contribution in [3.8, 4) is 0 Å². The standard InChI is InChI=1S/C17H29F2N5S.HI/c1-4-20-17(21-8-5-15-12(2)22-13(3)25-15)23-14-6-9-24(10-7-14)11-16(18)19;/h14,16H,4-11H2,1-3H3,(H2,20,21,23);1H. The molecule has 0 bridgehead atoms. The second kappa shape index (κ2) is 12.0.